The van der Waals surface area contributed by atoms with E-state index in [1.807, 2.05) is 60.8 Å². The monoisotopic (exact) mass is 378 g/mol. The van der Waals surface area contributed by atoms with Gasteiger partial charge in [-0.15, -0.1) is 0 Å². The summed E-state index contributed by atoms with van der Waals surface area (Å²) in [7, 11) is 0. The van der Waals surface area contributed by atoms with Gasteiger partial charge in [0.2, 0.25) is 12.1 Å². The molecule has 2 aromatic heterocycles. The van der Waals surface area contributed by atoms with Gasteiger partial charge in [-0.1, -0.05) is 0 Å². The maximum atomic E-state index is 11.6. The molecule has 0 aliphatic rings. The highest BCUT2D eigenvalue weighted by Gasteiger charge is 2.15. The number of amides is 1. The number of nitrogens with two attached hydrogens (primary N) is 1. The molecule has 0 atom stereocenters. The van der Waals surface area contributed by atoms with Crippen LogP contribution < -0.4 is 20.5 Å². The molecule has 2 aromatic rings. The number of nitrogens with one attached hydrogen (secondary N) is 1. The van der Waals surface area contributed by atoms with Gasteiger partial charge in [0.25, 0.3) is 0 Å². The number of carbonyl (C=O) groups is 1. The van der Waals surface area contributed by atoms with Crippen molar-refractivity contribution in [1.82, 2.24) is 14.9 Å². The smallest absolute Gasteiger partial charge is 0.407 e. The minimum Gasteiger partial charge on any atom is -0.489 e. The van der Waals surface area contributed by atoms with Gasteiger partial charge in [0.15, 0.2) is 0 Å². The first kappa shape index (κ1) is 20.7. The van der Waals surface area contributed by atoms with E-state index >= 15 is 0 Å². The van der Waals surface area contributed by atoms with Crippen molar-refractivity contribution in [1.29, 1.82) is 0 Å². The van der Waals surface area contributed by atoms with E-state index in [0.29, 0.717) is 25.5 Å². The van der Waals surface area contributed by atoms with Crippen LogP contribution in [0.2, 0.25) is 0 Å². The summed E-state index contributed by atoms with van der Waals surface area (Å²) in [6, 6.07) is 3.71. The Bertz CT molecular complexity index is 709. The average molecular weight is 378 g/mol. The third-order valence-electron chi connectivity index (χ3n) is 3.41. The minimum atomic E-state index is -0.484. The Morgan fingerprint density at radius 1 is 1.33 bits per heavy atom. The van der Waals surface area contributed by atoms with Gasteiger partial charge in [-0.25, -0.2) is 20.2 Å². The molecule has 0 saturated carbocycles. The Labute approximate surface area is 159 Å². The molecule has 0 aliphatic heterocycles. The van der Waals surface area contributed by atoms with Gasteiger partial charge in [-0.05, 0) is 26.8 Å². The SMILES string of the molecule is CC(C)(C)OC(=O)NCCC[n+]1ccn(-c2ccc(OCCON)cn2)c1. The third-order valence-corrected chi connectivity index (χ3v) is 3.41. The summed E-state index contributed by atoms with van der Waals surface area (Å²) < 4.78 is 14.6. The van der Waals surface area contributed by atoms with Gasteiger partial charge >= 0.3 is 6.09 Å². The Morgan fingerprint density at radius 3 is 2.81 bits per heavy atom. The van der Waals surface area contributed by atoms with Crippen molar-refractivity contribution in [2.75, 3.05) is 19.8 Å². The summed E-state index contributed by atoms with van der Waals surface area (Å²) >= 11 is 0. The van der Waals surface area contributed by atoms with Crippen LogP contribution in [0.3, 0.4) is 0 Å². The number of rotatable bonds is 9. The molecular formula is C18H28N5O4+. The molecule has 9 nitrogen and oxygen atoms in total. The molecule has 0 aliphatic carbocycles. The largest absolute Gasteiger partial charge is 0.489 e. The highest BCUT2D eigenvalue weighted by molar-refractivity contribution is 5.67. The van der Waals surface area contributed by atoms with Crippen molar-refractivity contribution in [2.45, 2.75) is 39.3 Å². The standard InChI is InChI=1S/C18H27N5O4/c1-18(2,3)27-17(24)20-7-4-8-22-9-10-23(14-22)16-6-5-15(13-21-16)25-11-12-26-19/h5-6,9-10,13-14H,4,7-8,11-12,19H2,1-3H3/p+1. The van der Waals surface area contributed by atoms with Gasteiger partial charge in [-0.2, -0.15) is 4.57 Å². The molecule has 0 unspecified atom stereocenters. The van der Waals surface area contributed by atoms with E-state index < -0.39 is 11.7 Å². The van der Waals surface area contributed by atoms with Crippen molar-refractivity contribution < 1.29 is 23.7 Å². The normalized spacial score (nSPS) is 11.3. The zero-order valence-corrected chi connectivity index (χ0v) is 16.1. The number of ether oxygens (including phenoxy) is 2. The first-order chi connectivity index (χ1) is 12.9. The molecule has 148 valence electrons. The lowest BCUT2D eigenvalue weighted by Crippen LogP contribution is -2.36. The molecule has 2 heterocycles. The summed E-state index contributed by atoms with van der Waals surface area (Å²) in [5.41, 5.74) is -0.484. The molecule has 2 rings (SSSR count). The van der Waals surface area contributed by atoms with Crippen molar-refractivity contribution in [3.05, 3.63) is 37.1 Å². The number of hydrogen-bond donors (Lipinski definition) is 2. The summed E-state index contributed by atoms with van der Waals surface area (Å²) in [6.07, 6.45) is 7.87. The summed E-state index contributed by atoms with van der Waals surface area (Å²) in [4.78, 5) is 20.4. The van der Waals surface area contributed by atoms with Crippen molar-refractivity contribution >= 4 is 6.09 Å². The molecule has 0 radical (unpaired) electrons. The molecule has 0 bridgehead atoms. The molecule has 0 saturated heterocycles. The second-order valence-corrected chi connectivity index (χ2v) is 6.91. The van der Waals surface area contributed by atoms with Gasteiger partial charge < -0.3 is 19.6 Å². The molecule has 0 aromatic carbocycles. The number of pyridine rings is 1. The van der Waals surface area contributed by atoms with Gasteiger partial charge in [0.1, 0.15) is 37.0 Å². The Balaban J connectivity index is 1.76. The number of imidazole rings is 1. The van der Waals surface area contributed by atoms with Crippen LogP contribution in [0.4, 0.5) is 4.79 Å². The van der Waals surface area contributed by atoms with Gasteiger partial charge in [-0.3, -0.25) is 0 Å². The van der Waals surface area contributed by atoms with Crippen LogP contribution in [0.25, 0.3) is 5.82 Å². The predicted octanol–water partition coefficient (Wildman–Crippen LogP) is 1.34. The first-order valence-corrected chi connectivity index (χ1v) is 8.82. The quantitative estimate of drug-likeness (QED) is 0.388. The van der Waals surface area contributed by atoms with Crippen molar-refractivity contribution in [3.63, 3.8) is 0 Å². The lowest BCUT2D eigenvalue weighted by molar-refractivity contribution is -0.696. The number of nitrogens with zero attached hydrogens (tertiary/aromatic N) is 3. The average Bonchev–Trinajstić information content (AvgIpc) is 3.07. The zero-order valence-electron chi connectivity index (χ0n) is 16.1. The topological polar surface area (TPSA) is 105 Å². The van der Waals surface area contributed by atoms with Crippen molar-refractivity contribution in [2.24, 2.45) is 5.90 Å². The molecule has 1 amide bonds. The lowest BCUT2D eigenvalue weighted by Gasteiger charge is -2.19. The fraction of sp³-hybridized carbons (Fsp3) is 0.500. The van der Waals surface area contributed by atoms with E-state index in [1.54, 1.807) is 6.20 Å². The highest BCUT2D eigenvalue weighted by atomic mass is 16.6. The van der Waals surface area contributed by atoms with Crippen molar-refractivity contribution in [3.8, 4) is 11.6 Å². The maximum absolute atomic E-state index is 11.6. The second-order valence-electron chi connectivity index (χ2n) is 6.91. The minimum absolute atomic E-state index is 0.322. The molecule has 0 fully saturated rings. The summed E-state index contributed by atoms with van der Waals surface area (Å²) in [5.74, 6) is 6.39. The van der Waals surface area contributed by atoms with Crippen LogP contribution in [-0.2, 0) is 16.1 Å². The number of hydrogen-bond acceptors (Lipinski definition) is 6. The fourth-order valence-electron chi connectivity index (χ4n) is 2.25. The Kier molecular flexibility index (Phi) is 7.56. The second kappa shape index (κ2) is 9.89. The number of aryl methyl sites for hydroxylation is 1. The van der Waals surface area contributed by atoms with E-state index in [9.17, 15) is 4.79 Å². The number of alkyl carbamates (subject to hydrolysis) is 1. The van der Waals surface area contributed by atoms with Gasteiger partial charge in [0, 0.05) is 19.0 Å². The number of aromatic nitrogens is 3. The lowest BCUT2D eigenvalue weighted by atomic mass is 10.2. The Morgan fingerprint density at radius 2 is 2.15 bits per heavy atom. The van der Waals surface area contributed by atoms with Crippen LogP contribution in [-0.4, -0.2) is 41.0 Å². The van der Waals surface area contributed by atoms with Crippen LogP contribution in [0.1, 0.15) is 27.2 Å². The van der Waals surface area contributed by atoms with E-state index in [4.69, 9.17) is 15.4 Å². The molecule has 9 heteroatoms. The Hall–Kier alpha value is -2.65. The number of carbonyl (C=O) groups excluding carboxylic acids is 1. The summed E-state index contributed by atoms with van der Waals surface area (Å²) in [5, 5.41) is 2.75. The fourth-order valence-corrected chi connectivity index (χ4v) is 2.25. The van der Waals surface area contributed by atoms with Gasteiger partial charge in [0.05, 0.1) is 12.7 Å². The molecular weight excluding hydrogens is 350 g/mol. The first-order valence-electron chi connectivity index (χ1n) is 8.82. The highest BCUT2D eigenvalue weighted by Crippen LogP contribution is 2.11. The zero-order chi connectivity index (χ0) is 19.7. The van der Waals surface area contributed by atoms with Crippen LogP contribution >= 0.6 is 0 Å². The maximum Gasteiger partial charge on any atom is 0.407 e. The molecule has 3 N–H and O–H groups in total. The van der Waals surface area contributed by atoms with Crippen LogP contribution in [0.5, 0.6) is 5.75 Å². The van der Waals surface area contributed by atoms with Crippen LogP contribution in [0, 0.1) is 0 Å². The third kappa shape index (κ3) is 7.63. The van der Waals surface area contributed by atoms with E-state index in [1.165, 1.54) is 0 Å². The molecule has 0 spiro atoms. The van der Waals surface area contributed by atoms with E-state index in [2.05, 4.69) is 15.1 Å². The van der Waals surface area contributed by atoms with Crippen LogP contribution in [0.15, 0.2) is 37.1 Å². The predicted molar refractivity (Wildman–Crippen MR) is 98.2 cm³/mol. The summed E-state index contributed by atoms with van der Waals surface area (Å²) in [6.45, 7) is 7.53. The van der Waals surface area contributed by atoms with E-state index in [0.717, 1.165) is 18.8 Å². The molecule has 27 heavy (non-hydrogen) atoms. The van der Waals surface area contributed by atoms with E-state index in [-0.39, 0.29) is 0 Å².